The van der Waals surface area contributed by atoms with Crippen molar-refractivity contribution < 1.29 is 9.53 Å². The van der Waals surface area contributed by atoms with Gasteiger partial charge in [0.25, 0.3) is 0 Å². The molecule has 0 N–H and O–H groups in total. The van der Waals surface area contributed by atoms with Gasteiger partial charge in [0.05, 0.1) is 0 Å². The van der Waals surface area contributed by atoms with Crippen LogP contribution in [0.15, 0.2) is 30.3 Å². The highest BCUT2D eigenvalue weighted by molar-refractivity contribution is 5.77. The highest BCUT2D eigenvalue weighted by Gasteiger charge is 2.46. The van der Waals surface area contributed by atoms with E-state index in [0.717, 1.165) is 12.0 Å². The van der Waals surface area contributed by atoms with E-state index in [1.165, 1.54) is 0 Å². The van der Waals surface area contributed by atoms with E-state index >= 15 is 0 Å². The van der Waals surface area contributed by atoms with Crippen molar-refractivity contribution in [2.45, 2.75) is 58.3 Å². The molecule has 104 valence electrons. The molecule has 0 aliphatic carbocycles. The molecule has 1 saturated heterocycles. The van der Waals surface area contributed by atoms with E-state index in [1.807, 2.05) is 30.3 Å². The van der Waals surface area contributed by atoms with Gasteiger partial charge in [-0.2, -0.15) is 0 Å². The van der Waals surface area contributed by atoms with Crippen LogP contribution in [-0.4, -0.2) is 28.5 Å². The molecular weight excluding hydrogens is 238 g/mol. The predicted octanol–water partition coefficient (Wildman–Crippen LogP) is 2.99. The summed E-state index contributed by atoms with van der Waals surface area (Å²) in [6, 6.07) is 10.2. The van der Waals surface area contributed by atoms with Gasteiger partial charge in [0, 0.05) is 11.6 Å². The first-order valence-corrected chi connectivity index (χ1v) is 6.88. The Kier molecular flexibility index (Phi) is 3.95. The number of benzene rings is 1. The molecule has 0 bridgehead atoms. The molecule has 0 radical (unpaired) electrons. The first kappa shape index (κ1) is 14.1. The van der Waals surface area contributed by atoms with Crippen LogP contribution in [0.5, 0.6) is 0 Å². The molecule has 1 heterocycles. The number of ether oxygens (including phenoxy) is 1. The van der Waals surface area contributed by atoms with E-state index in [9.17, 15) is 4.79 Å². The number of hydrogen-bond donors (Lipinski definition) is 0. The number of likely N-dealkylation sites (tertiary alicyclic amines) is 1. The number of carbonyl (C=O) groups excluding carboxylic acids is 1. The van der Waals surface area contributed by atoms with Crippen molar-refractivity contribution in [3.05, 3.63) is 35.9 Å². The zero-order valence-electron chi connectivity index (χ0n) is 12.2. The summed E-state index contributed by atoms with van der Waals surface area (Å²) in [6.07, 6.45) is 0.894. The zero-order valence-corrected chi connectivity index (χ0v) is 12.2. The Labute approximate surface area is 115 Å². The van der Waals surface area contributed by atoms with Gasteiger partial charge in [0.15, 0.2) is 0 Å². The molecule has 0 aromatic heterocycles. The zero-order chi connectivity index (χ0) is 14.0. The molecule has 0 saturated carbocycles. The third-order valence-electron chi connectivity index (χ3n) is 3.65. The average molecular weight is 261 g/mol. The number of nitrogens with zero attached hydrogens (tertiary/aromatic N) is 1. The van der Waals surface area contributed by atoms with E-state index in [1.54, 1.807) is 0 Å². The van der Waals surface area contributed by atoms with Gasteiger partial charge < -0.3 is 4.74 Å². The fourth-order valence-electron chi connectivity index (χ4n) is 2.88. The maximum atomic E-state index is 12.1. The summed E-state index contributed by atoms with van der Waals surface area (Å²) in [5.41, 5.74) is 1.04. The summed E-state index contributed by atoms with van der Waals surface area (Å²) in [6.45, 7) is 8.94. The molecular formula is C16H23NO2. The van der Waals surface area contributed by atoms with Crippen LogP contribution in [0.3, 0.4) is 0 Å². The van der Waals surface area contributed by atoms with Crippen molar-refractivity contribution >= 4 is 5.97 Å². The molecule has 1 aromatic carbocycles. The second kappa shape index (κ2) is 5.33. The first-order chi connectivity index (χ1) is 8.89. The van der Waals surface area contributed by atoms with Gasteiger partial charge in [-0.1, -0.05) is 30.3 Å². The Balaban J connectivity index is 1.91. The lowest BCUT2D eigenvalue weighted by Crippen LogP contribution is -2.65. The van der Waals surface area contributed by atoms with Gasteiger partial charge in [-0.3, -0.25) is 9.69 Å². The minimum Gasteiger partial charge on any atom is -0.460 e. The maximum absolute atomic E-state index is 12.1. The second-order valence-electron chi connectivity index (χ2n) is 6.27. The van der Waals surface area contributed by atoms with Gasteiger partial charge >= 0.3 is 5.97 Å². The third kappa shape index (κ3) is 3.16. The Morgan fingerprint density at radius 1 is 1.32 bits per heavy atom. The van der Waals surface area contributed by atoms with Crippen molar-refractivity contribution in [2.24, 2.45) is 0 Å². The maximum Gasteiger partial charge on any atom is 0.323 e. The molecule has 1 aliphatic heterocycles. The van der Waals surface area contributed by atoms with Crippen LogP contribution in [0.4, 0.5) is 0 Å². The van der Waals surface area contributed by atoms with E-state index in [-0.39, 0.29) is 17.6 Å². The summed E-state index contributed by atoms with van der Waals surface area (Å²) in [7, 11) is 0. The van der Waals surface area contributed by atoms with Crippen LogP contribution in [0.25, 0.3) is 0 Å². The van der Waals surface area contributed by atoms with Crippen LogP contribution in [0.1, 0.15) is 39.7 Å². The summed E-state index contributed by atoms with van der Waals surface area (Å²) in [5, 5.41) is 0. The molecule has 1 fully saturated rings. The van der Waals surface area contributed by atoms with Crippen LogP contribution in [0, 0.1) is 0 Å². The highest BCUT2D eigenvalue weighted by Crippen LogP contribution is 2.34. The smallest absolute Gasteiger partial charge is 0.323 e. The molecule has 2 atom stereocenters. The Morgan fingerprint density at radius 2 is 1.95 bits per heavy atom. The fraction of sp³-hybridized carbons (Fsp3) is 0.562. The van der Waals surface area contributed by atoms with Gasteiger partial charge in [0.1, 0.15) is 12.6 Å². The summed E-state index contributed by atoms with van der Waals surface area (Å²) in [4.78, 5) is 14.4. The van der Waals surface area contributed by atoms with E-state index in [2.05, 4.69) is 32.6 Å². The van der Waals surface area contributed by atoms with Crippen molar-refractivity contribution in [2.75, 3.05) is 0 Å². The Hall–Kier alpha value is -1.35. The summed E-state index contributed by atoms with van der Waals surface area (Å²) in [5.74, 6) is -0.100. The summed E-state index contributed by atoms with van der Waals surface area (Å²) < 4.78 is 5.43. The molecule has 2 rings (SSSR count). The van der Waals surface area contributed by atoms with Crippen molar-refractivity contribution in [3.63, 3.8) is 0 Å². The van der Waals surface area contributed by atoms with Crippen molar-refractivity contribution in [1.29, 1.82) is 0 Å². The highest BCUT2D eigenvalue weighted by atomic mass is 16.5. The predicted molar refractivity (Wildman–Crippen MR) is 75.7 cm³/mol. The molecule has 3 heteroatoms. The molecule has 19 heavy (non-hydrogen) atoms. The molecule has 1 aliphatic rings. The number of hydrogen-bond acceptors (Lipinski definition) is 3. The van der Waals surface area contributed by atoms with Crippen molar-refractivity contribution in [3.8, 4) is 0 Å². The van der Waals surface area contributed by atoms with E-state index in [0.29, 0.717) is 12.6 Å². The number of carbonyl (C=O) groups is 1. The lowest BCUT2D eigenvalue weighted by Gasteiger charge is -2.53. The Bertz CT molecular complexity index is 436. The molecule has 3 nitrogen and oxygen atoms in total. The minimum absolute atomic E-state index is 0.00804. The largest absolute Gasteiger partial charge is 0.460 e. The van der Waals surface area contributed by atoms with Crippen molar-refractivity contribution in [1.82, 2.24) is 4.90 Å². The average Bonchev–Trinajstić information content (AvgIpc) is 2.32. The summed E-state index contributed by atoms with van der Waals surface area (Å²) >= 11 is 0. The van der Waals surface area contributed by atoms with Gasteiger partial charge in [-0.25, -0.2) is 0 Å². The van der Waals surface area contributed by atoms with Crippen LogP contribution >= 0.6 is 0 Å². The second-order valence-corrected chi connectivity index (χ2v) is 6.27. The lowest BCUT2D eigenvalue weighted by atomic mass is 9.87. The molecule has 0 spiro atoms. The normalized spacial score (nSPS) is 23.8. The third-order valence-corrected chi connectivity index (χ3v) is 3.65. The topological polar surface area (TPSA) is 29.5 Å². The standard InChI is InChI=1S/C16H23NO2/c1-12-10-14(17(12)16(2,3)4)15(18)19-11-13-8-6-5-7-9-13/h5-9,12,14H,10-11H2,1-4H3/t12-,14+/m0/s1. The minimum atomic E-state index is -0.100. The van der Waals surface area contributed by atoms with Crippen LogP contribution < -0.4 is 0 Å². The van der Waals surface area contributed by atoms with E-state index < -0.39 is 0 Å². The number of esters is 1. The fourth-order valence-corrected chi connectivity index (χ4v) is 2.88. The molecule has 0 amide bonds. The van der Waals surface area contributed by atoms with Gasteiger partial charge in [-0.05, 0) is 39.7 Å². The molecule has 0 unspecified atom stereocenters. The van der Waals surface area contributed by atoms with Crippen LogP contribution in [-0.2, 0) is 16.1 Å². The quantitative estimate of drug-likeness (QED) is 0.783. The lowest BCUT2D eigenvalue weighted by molar-refractivity contribution is -0.166. The van der Waals surface area contributed by atoms with Gasteiger partial charge in [0.2, 0.25) is 0 Å². The molecule has 1 aromatic rings. The monoisotopic (exact) mass is 261 g/mol. The van der Waals surface area contributed by atoms with Crippen LogP contribution in [0.2, 0.25) is 0 Å². The number of rotatable bonds is 3. The SMILES string of the molecule is C[C@H]1C[C@H](C(=O)OCc2ccccc2)N1C(C)(C)C. The first-order valence-electron chi connectivity index (χ1n) is 6.88. The van der Waals surface area contributed by atoms with E-state index in [4.69, 9.17) is 4.74 Å². The van der Waals surface area contributed by atoms with Gasteiger partial charge in [-0.15, -0.1) is 0 Å². The Morgan fingerprint density at radius 3 is 2.47 bits per heavy atom.